The zero-order chi connectivity index (χ0) is 14.4. The Hall–Kier alpha value is -2.11. The van der Waals surface area contributed by atoms with E-state index in [1.807, 2.05) is 30.3 Å². The van der Waals surface area contributed by atoms with Crippen LogP contribution < -0.4 is 0 Å². The molecule has 6 nitrogen and oxygen atoms in total. The van der Waals surface area contributed by atoms with E-state index < -0.39 is 0 Å². The zero-order valence-electron chi connectivity index (χ0n) is 11.2. The minimum absolute atomic E-state index is 0.0660. The van der Waals surface area contributed by atoms with Gasteiger partial charge in [-0.05, 0) is 18.4 Å². The van der Waals surface area contributed by atoms with Gasteiger partial charge in [0.1, 0.15) is 6.61 Å². The van der Waals surface area contributed by atoms with Crippen LogP contribution in [-0.4, -0.2) is 35.0 Å². The molecule has 0 N–H and O–H groups in total. The first-order valence-corrected chi connectivity index (χ1v) is 6.76. The van der Waals surface area contributed by atoms with Crippen molar-refractivity contribution in [2.75, 3.05) is 13.1 Å². The van der Waals surface area contributed by atoms with Crippen LogP contribution in [0.5, 0.6) is 0 Å². The van der Waals surface area contributed by atoms with E-state index in [4.69, 9.17) is 4.74 Å². The molecule has 0 spiro atoms. The van der Waals surface area contributed by atoms with E-state index in [0.717, 1.165) is 18.4 Å². The maximum atomic E-state index is 12.0. The number of amides is 1. The van der Waals surface area contributed by atoms with Gasteiger partial charge in [0, 0.05) is 23.9 Å². The summed E-state index contributed by atoms with van der Waals surface area (Å²) in [7, 11) is 0. The minimum atomic E-state index is -0.375. The van der Waals surface area contributed by atoms with Gasteiger partial charge in [-0.1, -0.05) is 30.3 Å². The van der Waals surface area contributed by atoms with E-state index in [0.29, 0.717) is 13.0 Å². The van der Waals surface area contributed by atoms with Crippen molar-refractivity contribution in [2.24, 2.45) is 0 Å². The third-order valence-corrected chi connectivity index (χ3v) is 3.46. The SMILES string of the molecule is O=C(OCc1ccccc1)N1CCCC1CC[N+](=O)[O-]. The Morgan fingerprint density at radius 1 is 1.40 bits per heavy atom. The van der Waals surface area contributed by atoms with E-state index in [1.54, 1.807) is 4.90 Å². The first kappa shape index (κ1) is 14.3. The van der Waals surface area contributed by atoms with E-state index in [2.05, 4.69) is 0 Å². The monoisotopic (exact) mass is 278 g/mol. The summed E-state index contributed by atoms with van der Waals surface area (Å²) >= 11 is 0. The molecule has 1 unspecified atom stereocenters. The van der Waals surface area contributed by atoms with E-state index in [-0.39, 0.29) is 30.2 Å². The molecule has 0 aliphatic carbocycles. The van der Waals surface area contributed by atoms with Crippen molar-refractivity contribution in [3.8, 4) is 0 Å². The highest BCUT2D eigenvalue weighted by molar-refractivity contribution is 5.68. The van der Waals surface area contributed by atoms with Crippen molar-refractivity contribution in [3.63, 3.8) is 0 Å². The molecular weight excluding hydrogens is 260 g/mol. The summed E-state index contributed by atoms with van der Waals surface area (Å²) in [6, 6.07) is 9.39. The maximum absolute atomic E-state index is 12.0. The van der Waals surface area contributed by atoms with Crippen LogP contribution in [0.15, 0.2) is 30.3 Å². The molecule has 0 aromatic heterocycles. The molecule has 1 aliphatic heterocycles. The topological polar surface area (TPSA) is 72.7 Å². The van der Waals surface area contributed by atoms with Gasteiger partial charge in [-0.25, -0.2) is 4.79 Å². The number of hydrogen-bond acceptors (Lipinski definition) is 4. The molecule has 1 amide bonds. The molecule has 108 valence electrons. The van der Waals surface area contributed by atoms with Crippen LogP contribution in [-0.2, 0) is 11.3 Å². The Labute approximate surface area is 117 Å². The van der Waals surface area contributed by atoms with Gasteiger partial charge < -0.3 is 9.64 Å². The van der Waals surface area contributed by atoms with Crippen LogP contribution >= 0.6 is 0 Å². The summed E-state index contributed by atoms with van der Waals surface area (Å²) in [6.45, 7) is 0.751. The molecule has 0 radical (unpaired) electrons. The summed E-state index contributed by atoms with van der Waals surface area (Å²) < 4.78 is 5.27. The number of ether oxygens (including phenoxy) is 1. The van der Waals surface area contributed by atoms with Gasteiger partial charge in [0.25, 0.3) is 0 Å². The summed E-state index contributed by atoms with van der Waals surface area (Å²) in [6.07, 6.45) is 1.71. The highest BCUT2D eigenvalue weighted by Crippen LogP contribution is 2.21. The van der Waals surface area contributed by atoms with Crippen LogP contribution in [0.1, 0.15) is 24.8 Å². The summed E-state index contributed by atoms with van der Waals surface area (Å²) in [5.74, 6) is 0. The molecule has 1 saturated heterocycles. The predicted molar refractivity (Wildman–Crippen MR) is 72.8 cm³/mol. The van der Waals surface area contributed by atoms with Gasteiger partial charge in [0.2, 0.25) is 6.54 Å². The molecule has 6 heteroatoms. The highest BCUT2D eigenvalue weighted by atomic mass is 16.6. The smallest absolute Gasteiger partial charge is 0.410 e. The van der Waals surface area contributed by atoms with Crippen LogP contribution in [0, 0.1) is 10.1 Å². The van der Waals surface area contributed by atoms with Crippen LogP contribution in [0.3, 0.4) is 0 Å². The molecule has 1 heterocycles. The largest absolute Gasteiger partial charge is 0.445 e. The number of hydrogen-bond donors (Lipinski definition) is 0. The van der Waals surface area contributed by atoms with Crippen molar-refractivity contribution < 1.29 is 14.5 Å². The van der Waals surface area contributed by atoms with Gasteiger partial charge in [0.05, 0.1) is 0 Å². The minimum Gasteiger partial charge on any atom is -0.445 e. The summed E-state index contributed by atoms with van der Waals surface area (Å²) in [5, 5.41) is 10.4. The lowest BCUT2D eigenvalue weighted by molar-refractivity contribution is -0.481. The molecule has 2 rings (SSSR count). The second-order valence-corrected chi connectivity index (χ2v) is 4.87. The van der Waals surface area contributed by atoms with Gasteiger partial charge in [0.15, 0.2) is 0 Å². The third kappa shape index (κ3) is 3.94. The number of nitro groups is 1. The zero-order valence-corrected chi connectivity index (χ0v) is 11.2. The van der Waals surface area contributed by atoms with E-state index >= 15 is 0 Å². The lowest BCUT2D eigenvalue weighted by Gasteiger charge is -2.22. The number of likely N-dealkylation sites (tertiary alicyclic amines) is 1. The number of carbonyl (C=O) groups is 1. The molecule has 0 bridgehead atoms. The number of nitrogens with zero attached hydrogens (tertiary/aromatic N) is 2. The van der Waals surface area contributed by atoms with Crippen LogP contribution in [0.2, 0.25) is 0 Å². The van der Waals surface area contributed by atoms with Gasteiger partial charge in [-0.15, -0.1) is 0 Å². The highest BCUT2D eigenvalue weighted by Gasteiger charge is 2.30. The molecule has 1 aromatic rings. The first-order valence-electron chi connectivity index (χ1n) is 6.76. The van der Waals surface area contributed by atoms with Crippen molar-refractivity contribution in [1.82, 2.24) is 4.90 Å². The molecule has 1 atom stereocenters. The molecule has 1 fully saturated rings. The van der Waals surface area contributed by atoms with Gasteiger partial charge in [-0.3, -0.25) is 10.1 Å². The first-order chi connectivity index (χ1) is 9.66. The Bertz CT molecular complexity index is 464. The standard InChI is InChI=1S/C14H18N2O4/c17-14(20-11-12-5-2-1-3-6-12)15-9-4-7-13(15)8-10-16(18)19/h1-3,5-6,13H,4,7-11H2. The fourth-order valence-corrected chi connectivity index (χ4v) is 2.43. The second-order valence-electron chi connectivity index (χ2n) is 4.87. The predicted octanol–water partition coefficient (Wildman–Crippen LogP) is 2.45. The average molecular weight is 278 g/mol. The fraction of sp³-hybridized carbons (Fsp3) is 0.500. The Morgan fingerprint density at radius 2 is 2.15 bits per heavy atom. The molecular formula is C14H18N2O4. The number of rotatable bonds is 5. The lowest BCUT2D eigenvalue weighted by atomic mass is 10.1. The van der Waals surface area contributed by atoms with E-state index in [1.165, 1.54) is 0 Å². The third-order valence-electron chi connectivity index (χ3n) is 3.46. The van der Waals surface area contributed by atoms with E-state index in [9.17, 15) is 14.9 Å². The van der Waals surface area contributed by atoms with Crippen molar-refractivity contribution in [2.45, 2.75) is 31.9 Å². The van der Waals surface area contributed by atoms with Crippen LogP contribution in [0.4, 0.5) is 4.79 Å². The lowest BCUT2D eigenvalue weighted by Crippen LogP contribution is -2.36. The van der Waals surface area contributed by atoms with Gasteiger partial charge in [-0.2, -0.15) is 0 Å². The fourth-order valence-electron chi connectivity index (χ4n) is 2.43. The normalized spacial score (nSPS) is 18.0. The van der Waals surface area contributed by atoms with Crippen LogP contribution in [0.25, 0.3) is 0 Å². The number of benzene rings is 1. The molecule has 1 aliphatic rings. The summed E-state index contributed by atoms with van der Waals surface area (Å²) in [4.78, 5) is 23.7. The second kappa shape index (κ2) is 6.88. The maximum Gasteiger partial charge on any atom is 0.410 e. The summed E-state index contributed by atoms with van der Waals surface area (Å²) in [5.41, 5.74) is 0.932. The molecule has 0 saturated carbocycles. The number of carbonyl (C=O) groups excluding carboxylic acids is 1. The average Bonchev–Trinajstić information content (AvgIpc) is 2.92. The van der Waals surface area contributed by atoms with Crippen molar-refractivity contribution >= 4 is 6.09 Å². The quantitative estimate of drug-likeness (QED) is 0.612. The van der Waals surface area contributed by atoms with Gasteiger partial charge >= 0.3 is 6.09 Å². The molecule has 1 aromatic carbocycles. The Morgan fingerprint density at radius 3 is 2.85 bits per heavy atom. The molecule has 20 heavy (non-hydrogen) atoms. The Kier molecular flexibility index (Phi) is 4.92. The Balaban J connectivity index is 1.83. The van der Waals surface area contributed by atoms with Crippen molar-refractivity contribution in [3.05, 3.63) is 46.0 Å². The van der Waals surface area contributed by atoms with Crippen molar-refractivity contribution in [1.29, 1.82) is 0 Å².